The molecule has 0 amide bonds. The van der Waals surface area contributed by atoms with Crippen LogP contribution in [0.2, 0.25) is 0 Å². The van der Waals surface area contributed by atoms with E-state index in [-0.39, 0.29) is 0 Å². The minimum atomic E-state index is 0.570. The molecule has 3 nitrogen and oxygen atoms in total. The highest BCUT2D eigenvalue weighted by Crippen LogP contribution is 2.34. The molecular formula is C13H23N3. The van der Waals surface area contributed by atoms with Crippen LogP contribution in [0.3, 0.4) is 0 Å². The molecule has 0 radical (unpaired) electrons. The molecule has 1 aliphatic carbocycles. The van der Waals surface area contributed by atoms with Crippen molar-refractivity contribution in [2.75, 3.05) is 6.54 Å². The van der Waals surface area contributed by atoms with Gasteiger partial charge in [0.05, 0.1) is 6.54 Å². The number of hydrogen-bond acceptors (Lipinski definition) is 2. The van der Waals surface area contributed by atoms with Crippen molar-refractivity contribution in [1.82, 2.24) is 15.1 Å². The van der Waals surface area contributed by atoms with Crippen LogP contribution in [0.15, 0.2) is 18.5 Å². The SMILES string of the molecule is CC1(C)CCC(NCCn2cccn2)CC1. The Labute approximate surface area is 98.2 Å². The third-order valence-corrected chi connectivity index (χ3v) is 3.67. The van der Waals surface area contributed by atoms with Gasteiger partial charge in [-0.3, -0.25) is 4.68 Å². The van der Waals surface area contributed by atoms with Crippen LogP contribution in [-0.4, -0.2) is 22.4 Å². The average molecular weight is 221 g/mol. The van der Waals surface area contributed by atoms with E-state index in [9.17, 15) is 0 Å². The van der Waals surface area contributed by atoms with E-state index in [4.69, 9.17) is 0 Å². The molecule has 90 valence electrons. The van der Waals surface area contributed by atoms with Crippen LogP contribution >= 0.6 is 0 Å². The molecule has 1 aliphatic rings. The Bertz CT molecular complexity index is 293. The molecular weight excluding hydrogens is 198 g/mol. The lowest BCUT2D eigenvalue weighted by molar-refractivity contribution is 0.205. The highest BCUT2D eigenvalue weighted by Gasteiger charge is 2.26. The summed E-state index contributed by atoms with van der Waals surface area (Å²) in [4.78, 5) is 0. The van der Waals surface area contributed by atoms with Gasteiger partial charge in [0, 0.05) is 25.0 Å². The van der Waals surface area contributed by atoms with Crippen molar-refractivity contribution in [2.24, 2.45) is 5.41 Å². The van der Waals surface area contributed by atoms with Crippen molar-refractivity contribution >= 4 is 0 Å². The van der Waals surface area contributed by atoms with E-state index in [1.54, 1.807) is 0 Å². The fraction of sp³-hybridized carbons (Fsp3) is 0.769. The Morgan fingerprint density at radius 1 is 1.38 bits per heavy atom. The summed E-state index contributed by atoms with van der Waals surface area (Å²) in [5.41, 5.74) is 0.570. The lowest BCUT2D eigenvalue weighted by Gasteiger charge is -2.34. The molecule has 0 spiro atoms. The van der Waals surface area contributed by atoms with E-state index in [2.05, 4.69) is 24.3 Å². The van der Waals surface area contributed by atoms with Crippen molar-refractivity contribution in [3.05, 3.63) is 18.5 Å². The smallest absolute Gasteiger partial charge is 0.0534 e. The summed E-state index contributed by atoms with van der Waals surface area (Å²) in [7, 11) is 0. The molecule has 0 atom stereocenters. The Balaban J connectivity index is 1.64. The molecule has 1 saturated carbocycles. The number of aromatic nitrogens is 2. The highest BCUT2D eigenvalue weighted by atomic mass is 15.3. The second-order valence-corrected chi connectivity index (χ2v) is 5.66. The largest absolute Gasteiger partial charge is 0.312 e. The minimum absolute atomic E-state index is 0.570. The number of nitrogens with one attached hydrogen (secondary N) is 1. The summed E-state index contributed by atoms with van der Waals surface area (Å²) >= 11 is 0. The van der Waals surface area contributed by atoms with Gasteiger partial charge in [0.15, 0.2) is 0 Å². The quantitative estimate of drug-likeness (QED) is 0.846. The lowest BCUT2D eigenvalue weighted by atomic mass is 9.75. The number of rotatable bonds is 4. The Hall–Kier alpha value is -0.830. The van der Waals surface area contributed by atoms with Gasteiger partial charge in [0.2, 0.25) is 0 Å². The molecule has 3 heteroatoms. The summed E-state index contributed by atoms with van der Waals surface area (Å²) in [6.07, 6.45) is 9.21. The minimum Gasteiger partial charge on any atom is -0.312 e. The van der Waals surface area contributed by atoms with Crippen LogP contribution in [0.1, 0.15) is 39.5 Å². The van der Waals surface area contributed by atoms with Crippen LogP contribution in [0, 0.1) is 5.41 Å². The number of nitrogens with zero attached hydrogens (tertiary/aromatic N) is 2. The molecule has 1 heterocycles. The maximum atomic E-state index is 4.20. The Morgan fingerprint density at radius 2 is 2.12 bits per heavy atom. The van der Waals surface area contributed by atoms with Gasteiger partial charge in [-0.1, -0.05) is 13.8 Å². The van der Waals surface area contributed by atoms with Gasteiger partial charge in [-0.05, 0) is 37.2 Å². The van der Waals surface area contributed by atoms with E-state index in [0.29, 0.717) is 5.41 Å². The van der Waals surface area contributed by atoms with Gasteiger partial charge < -0.3 is 5.32 Å². The van der Waals surface area contributed by atoms with Crippen molar-refractivity contribution in [2.45, 2.75) is 52.1 Å². The molecule has 0 saturated heterocycles. The Kier molecular flexibility index (Phi) is 3.64. The number of hydrogen-bond donors (Lipinski definition) is 1. The first-order chi connectivity index (χ1) is 7.66. The third kappa shape index (κ3) is 3.34. The van der Waals surface area contributed by atoms with E-state index < -0.39 is 0 Å². The standard InChI is InChI=1S/C13H23N3/c1-13(2)6-4-12(5-7-13)14-9-11-16-10-3-8-15-16/h3,8,10,12,14H,4-7,9,11H2,1-2H3. The molecule has 0 aliphatic heterocycles. The van der Waals surface area contributed by atoms with Crippen LogP contribution < -0.4 is 5.32 Å². The molecule has 16 heavy (non-hydrogen) atoms. The molecule has 0 unspecified atom stereocenters. The maximum Gasteiger partial charge on any atom is 0.0534 e. The first kappa shape index (κ1) is 11.6. The zero-order chi connectivity index (χ0) is 11.4. The molecule has 1 fully saturated rings. The molecule has 0 aromatic carbocycles. The average Bonchev–Trinajstić information content (AvgIpc) is 2.73. The Morgan fingerprint density at radius 3 is 2.75 bits per heavy atom. The molecule has 2 rings (SSSR count). The van der Waals surface area contributed by atoms with Gasteiger partial charge >= 0.3 is 0 Å². The first-order valence-electron chi connectivity index (χ1n) is 6.37. The van der Waals surface area contributed by atoms with Crippen molar-refractivity contribution in [1.29, 1.82) is 0 Å². The van der Waals surface area contributed by atoms with E-state index in [0.717, 1.165) is 19.1 Å². The van der Waals surface area contributed by atoms with E-state index in [1.807, 2.05) is 23.1 Å². The van der Waals surface area contributed by atoms with Crippen LogP contribution in [0.5, 0.6) is 0 Å². The molecule has 0 bridgehead atoms. The summed E-state index contributed by atoms with van der Waals surface area (Å²) in [6, 6.07) is 2.70. The highest BCUT2D eigenvalue weighted by molar-refractivity contribution is 4.82. The van der Waals surface area contributed by atoms with Crippen molar-refractivity contribution < 1.29 is 0 Å². The van der Waals surface area contributed by atoms with Gasteiger partial charge in [0.25, 0.3) is 0 Å². The normalized spacial score (nSPS) is 21.1. The lowest BCUT2D eigenvalue weighted by Crippen LogP contribution is -2.37. The topological polar surface area (TPSA) is 29.9 Å². The second-order valence-electron chi connectivity index (χ2n) is 5.66. The fourth-order valence-electron chi connectivity index (χ4n) is 2.42. The monoisotopic (exact) mass is 221 g/mol. The predicted molar refractivity (Wildman–Crippen MR) is 66.3 cm³/mol. The summed E-state index contributed by atoms with van der Waals surface area (Å²) in [5.74, 6) is 0. The van der Waals surface area contributed by atoms with Crippen molar-refractivity contribution in [3.8, 4) is 0 Å². The summed E-state index contributed by atoms with van der Waals surface area (Å²) in [6.45, 7) is 6.78. The van der Waals surface area contributed by atoms with E-state index >= 15 is 0 Å². The predicted octanol–water partition coefficient (Wildman–Crippen LogP) is 2.44. The van der Waals surface area contributed by atoms with Gasteiger partial charge in [-0.2, -0.15) is 5.10 Å². The van der Waals surface area contributed by atoms with E-state index in [1.165, 1.54) is 25.7 Å². The summed E-state index contributed by atoms with van der Waals surface area (Å²) in [5, 5.41) is 7.84. The zero-order valence-electron chi connectivity index (χ0n) is 10.4. The van der Waals surface area contributed by atoms with Gasteiger partial charge in [-0.15, -0.1) is 0 Å². The maximum absolute atomic E-state index is 4.20. The van der Waals surface area contributed by atoms with Crippen LogP contribution in [0.4, 0.5) is 0 Å². The molecule has 1 N–H and O–H groups in total. The van der Waals surface area contributed by atoms with Crippen molar-refractivity contribution in [3.63, 3.8) is 0 Å². The van der Waals surface area contributed by atoms with Crippen LogP contribution in [0.25, 0.3) is 0 Å². The van der Waals surface area contributed by atoms with Gasteiger partial charge in [0.1, 0.15) is 0 Å². The fourth-order valence-corrected chi connectivity index (χ4v) is 2.42. The second kappa shape index (κ2) is 5.00. The third-order valence-electron chi connectivity index (χ3n) is 3.67. The summed E-state index contributed by atoms with van der Waals surface area (Å²) < 4.78 is 1.99. The van der Waals surface area contributed by atoms with Gasteiger partial charge in [-0.25, -0.2) is 0 Å². The molecule has 1 aromatic rings. The molecule has 1 aromatic heterocycles. The van der Waals surface area contributed by atoms with Crippen LogP contribution in [-0.2, 0) is 6.54 Å². The first-order valence-corrected chi connectivity index (χ1v) is 6.37. The zero-order valence-corrected chi connectivity index (χ0v) is 10.4.